The number of benzene rings is 1. The molecule has 0 N–H and O–H groups in total. The Morgan fingerprint density at radius 3 is 2.32 bits per heavy atom. The lowest BCUT2D eigenvalue weighted by Gasteiger charge is -2.26. The van der Waals surface area contributed by atoms with E-state index in [1.165, 1.54) is 4.90 Å². The van der Waals surface area contributed by atoms with Crippen LogP contribution in [0.5, 0.6) is 0 Å². The first-order valence-corrected chi connectivity index (χ1v) is 8.42. The monoisotopic (exact) mass is 384 g/mol. The van der Waals surface area contributed by atoms with E-state index in [0.29, 0.717) is 0 Å². The molecule has 1 aromatic carbocycles. The molecule has 0 saturated heterocycles. The molecule has 0 atom stereocenters. The van der Waals surface area contributed by atoms with Crippen LogP contribution in [0.2, 0.25) is 0 Å². The van der Waals surface area contributed by atoms with Crippen molar-refractivity contribution < 1.29 is 26.9 Å². The zero-order valence-electron chi connectivity index (χ0n) is 13.3. The maximum absolute atomic E-state index is 13.0. The molecule has 0 fully saturated rings. The Hall–Kier alpha value is -1.84. The minimum atomic E-state index is -5.60. The Morgan fingerprint density at radius 1 is 1.24 bits per heavy atom. The molecule has 0 aromatic heterocycles. The van der Waals surface area contributed by atoms with Crippen LogP contribution in [0.25, 0.3) is 0 Å². The van der Waals surface area contributed by atoms with Crippen LogP contribution < -0.4 is 0 Å². The topological polar surface area (TPSA) is 46.4 Å². The van der Waals surface area contributed by atoms with Crippen molar-refractivity contribution >= 4 is 11.8 Å². The van der Waals surface area contributed by atoms with Gasteiger partial charge in [0.1, 0.15) is 5.03 Å². The molecule has 0 saturated carbocycles. The maximum Gasteiger partial charge on any atom is 0.453 e. The molecule has 0 aliphatic rings. The van der Waals surface area contributed by atoms with Gasteiger partial charge in [-0.3, -0.25) is 10.1 Å². The van der Waals surface area contributed by atoms with Crippen LogP contribution in [0.4, 0.5) is 22.0 Å². The number of nitro groups is 1. The molecule has 0 spiro atoms. The Labute approximate surface area is 145 Å². The fourth-order valence-corrected chi connectivity index (χ4v) is 2.66. The molecule has 0 amide bonds. The van der Waals surface area contributed by atoms with Gasteiger partial charge in [-0.1, -0.05) is 30.3 Å². The second-order valence-corrected chi connectivity index (χ2v) is 6.00. The summed E-state index contributed by atoms with van der Waals surface area (Å²) >= 11 is 1.02. The smallest absolute Gasteiger partial charge is 0.357 e. The van der Waals surface area contributed by atoms with E-state index in [1.807, 2.05) is 0 Å². The summed E-state index contributed by atoms with van der Waals surface area (Å²) in [5.41, 5.74) is 0.758. The second-order valence-electron chi connectivity index (χ2n) is 5.17. The number of thioether (sulfide) groups is 1. The van der Waals surface area contributed by atoms with Gasteiger partial charge in [0.15, 0.2) is 0 Å². The van der Waals surface area contributed by atoms with Gasteiger partial charge in [0.25, 0.3) is 6.20 Å². The van der Waals surface area contributed by atoms with Gasteiger partial charge in [-0.05, 0) is 18.2 Å². The molecule has 1 rings (SSSR count). The normalized spacial score (nSPS) is 13.0. The summed E-state index contributed by atoms with van der Waals surface area (Å²) in [5.74, 6) is -4.78. The van der Waals surface area contributed by atoms with Gasteiger partial charge in [-0.15, -0.1) is 11.8 Å². The van der Waals surface area contributed by atoms with Crippen molar-refractivity contribution in [3.05, 3.63) is 57.2 Å². The number of nitrogens with zero attached hydrogens (tertiary/aromatic N) is 2. The van der Waals surface area contributed by atoms with Crippen molar-refractivity contribution in [1.82, 2.24) is 4.90 Å². The van der Waals surface area contributed by atoms with Crippen LogP contribution in [0.1, 0.15) is 18.4 Å². The van der Waals surface area contributed by atoms with E-state index >= 15 is 0 Å². The molecule has 140 valence electrons. The summed E-state index contributed by atoms with van der Waals surface area (Å²) in [6, 6.07) is 8.71. The predicted octanol–water partition coefficient (Wildman–Crippen LogP) is 4.91. The van der Waals surface area contributed by atoms with Crippen LogP contribution in [-0.4, -0.2) is 34.7 Å². The zero-order chi connectivity index (χ0) is 19.1. The summed E-state index contributed by atoms with van der Waals surface area (Å²) in [7, 11) is 0. The fraction of sp³-hybridized carbons (Fsp3) is 0.467. The average molecular weight is 384 g/mol. The van der Waals surface area contributed by atoms with Gasteiger partial charge in [-0.2, -0.15) is 22.0 Å². The van der Waals surface area contributed by atoms with Crippen LogP contribution >= 0.6 is 11.8 Å². The summed E-state index contributed by atoms with van der Waals surface area (Å²) < 4.78 is 62.8. The number of hydrogen-bond donors (Lipinski definition) is 0. The molecule has 4 nitrogen and oxygen atoms in total. The van der Waals surface area contributed by atoms with Crippen LogP contribution in [-0.2, 0) is 6.54 Å². The van der Waals surface area contributed by atoms with E-state index in [0.717, 1.165) is 23.5 Å². The summed E-state index contributed by atoms with van der Waals surface area (Å²) in [4.78, 5) is 11.4. The van der Waals surface area contributed by atoms with E-state index < -0.39 is 29.9 Å². The van der Waals surface area contributed by atoms with E-state index in [2.05, 4.69) is 0 Å². The molecule has 25 heavy (non-hydrogen) atoms. The van der Waals surface area contributed by atoms with E-state index in [9.17, 15) is 32.1 Å². The number of rotatable bonds is 9. The largest absolute Gasteiger partial charge is 0.453 e. The Kier molecular flexibility index (Phi) is 7.65. The zero-order valence-corrected chi connectivity index (χ0v) is 14.1. The van der Waals surface area contributed by atoms with Gasteiger partial charge in [-0.25, -0.2) is 0 Å². The number of alkyl halides is 5. The van der Waals surface area contributed by atoms with E-state index in [-0.39, 0.29) is 18.1 Å². The van der Waals surface area contributed by atoms with Crippen molar-refractivity contribution in [3.63, 3.8) is 0 Å². The summed E-state index contributed by atoms with van der Waals surface area (Å²) in [5, 5.41) is 10.9. The van der Waals surface area contributed by atoms with Crippen molar-refractivity contribution in [2.24, 2.45) is 0 Å². The summed E-state index contributed by atoms with van der Waals surface area (Å²) in [6.45, 7) is 0.0000201. The highest BCUT2D eigenvalue weighted by molar-refractivity contribution is 8.02. The van der Waals surface area contributed by atoms with Crippen molar-refractivity contribution in [2.45, 2.75) is 31.5 Å². The van der Waals surface area contributed by atoms with Gasteiger partial charge < -0.3 is 4.90 Å². The lowest BCUT2D eigenvalue weighted by Crippen LogP contribution is -2.37. The highest BCUT2D eigenvalue weighted by Crippen LogP contribution is 2.39. The van der Waals surface area contributed by atoms with Gasteiger partial charge in [0, 0.05) is 19.5 Å². The molecule has 0 unspecified atom stereocenters. The maximum atomic E-state index is 13.0. The first-order valence-electron chi connectivity index (χ1n) is 7.19. The minimum Gasteiger partial charge on any atom is -0.357 e. The lowest BCUT2D eigenvalue weighted by atomic mass is 10.1. The molecule has 0 aliphatic carbocycles. The van der Waals surface area contributed by atoms with Crippen molar-refractivity contribution in [2.75, 3.05) is 12.8 Å². The molecular weight excluding hydrogens is 367 g/mol. The highest BCUT2D eigenvalue weighted by Gasteiger charge is 2.56. The Morgan fingerprint density at radius 2 is 1.84 bits per heavy atom. The summed E-state index contributed by atoms with van der Waals surface area (Å²) in [6.07, 6.45) is -5.15. The van der Waals surface area contributed by atoms with Crippen LogP contribution in [0.3, 0.4) is 0 Å². The third-order valence-corrected chi connectivity index (χ3v) is 4.07. The molecule has 0 aliphatic heterocycles. The quantitative estimate of drug-likeness (QED) is 0.345. The first-order chi connectivity index (χ1) is 11.6. The fourth-order valence-electron chi connectivity index (χ4n) is 2.06. The Bertz CT molecular complexity index is 593. The predicted molar refractivity (Wildman–Crippen MR) is 85.7 cm³/mol. The third kappa shape index (κ3) is 6.89. The Balaban J connectivity index is 2.86. The third-order valence-electron chi connectivity index (χ3n) is 3.29. The molecule has 0 heterocycles. The van der Waals surface area contributed by atoms with Gasteiger partial charge in [0.05, 0.1) is 4.92 Å². The average Bonchev–Trinajstić information content (AvgIpc) is 2.51. The van der Waals surface area contributed by atoms with Crippen LogP contribution in [0, 0.1) is 10.1 Å². The van der Waals surface area contributed by atoms with Crippen molar-refractivity contribution in [3.8, 4) is 0 Å². The van der Waals surface area contributed by atoms with Crippen LogP contribution in [0.15, 0.2) is 41.6 Å². The molecule has 10 heteroatoms. The lowest BCUT2D eigenvalue weighted by molar-refractivity contribution is -0.403. The molecule has 1 aromatic rings. The molecule has 0 bridgehead atoms. The molecular formula is C15H17F5N2O2S. The highest BCUT2D eigenvalue weighted by atomic mass is 32.2. The van der Waals surface area contributed by atoms with E-state index in [1.54, 1.807) is 36.6 Å². The van der Waals surface area contributed by atoms with Gasteiger partial charge >= 0.3 is 12.1 Å². The minimum absolute atomic E-state index is 0.166. The first kappa shape index (κ1) is 21.2. The van der Waals surface area contributed by atoms with E-state index in [4.69, 9.17) is 0 Å². The number of halogens is 5. The number of hydrogen-bond acceptors (Lipinski definition) is 4. The SMILES string of the molecule is CSC(=C[N+](=O)[O-])N(CCCC(F)(F)C(F)(F)F)Cc1ccccc1. The standard InChI is InChI=1S/C15H17F5N2O2S/c1-25-13(11-22(23)24)21(10-12-6-3-2-4-7-12)9-5-8-14(16,17)15(18,19)20/h2-4,6-7,11H,5,8-10H2,1H3. The second kappa shape index (κ2) is 9.02. The molecule has 0 radical (unpaired) electrons. The van der Waals surface area contributed by atoms with Gasteiger partial charge in [0.2, 0.25) is 0 Å². The van der Waals surface area contributed by atoms with Crippen molar-refractivity contribution in [1.29, 1.82) is 0 Å².